The van der Waals surface area contributed by atoms with E-state index >= 15 is 0 Å². The number of nitriles is 1. The fourth-order valence-corrected chi connectivity index (χ4v) is 1.53. The van der Waals surface area contributed by atoms with Gasteiger partial charge in [0.15, 0.2) is 5.84 Å². The Bertz CT molecular complexity index is 617. The monoisotopic (exact) mass is 292 g/mol. The van der Waals surface area contributed by atoms with Crippen molar-refractivity contribution in [2.24, 2.45) is 10.8 Å². The van der Waals surface area contributed by atoms with Gasteiger partial charge in [0, 0.05) is 14.1 Å². The average Bonchev–Trinajstić information content (AvgIpc) is 2.38. The van der Waals surface area contributed by atoms with E-state index in [2.05, 4.69) is 10.5 Å². The highest BCUT2D eigenvalue weighted by Crippen LogP contribution is 2.22. The molecule has 0 spiro atoms. The predicted molar refractivity (Wildman–Crippen MR) is 78.1 cm³/mol. The number of benzene rings is 1. The second-order valence-electron chi connectivity index (χ2n) is 3.99. The first-order chi connectivity index (χ1) is 9.36. The van der Waals surface area contributed by atoms with Gasteiger partial charge in [-0.2, -0.15) is 10.4 Å². The van der Waals surface area contributed by atoms with Crippen LogP contribution in [0.4, 0.5) is 5.69 Å². The zero-order valence-corrected chi connectivity index (χ0v) is 11.7. The molecular formula is C12H13ClN6O. The first-order valence-electron chi connectivity index (χ1n) is 5.46. The fourth-order valence-electron chi connectivity index (χ4n) is 1.26. The maximum absolute atomic E-state index is 11.8. The van der Waals surface area contributed by atoms with Crippen LogP contribution in [-0.4, -0.2) is 36.4 Å². The number of amidine groups is 1. The Hall–Kier alpha value is -2.59. The van der Waals surface area contributed by atoms with Crippen LogP contribution < -0.4 is 11.2 Å². The summed E-state index contributed by atoms with van der Waals surface area (Å²) in [5.74, 6) is -0.656. The highest BCUT2D eigenvalue weighted by Gasteiger charge is 2.12. The molecule has 7 nitrogen and oxygen atoms in total. The number of hydrazone groups is 1. The van der Waals surface area contributed by atoms with E-state index in [4.69, 9.17) is 28.0 Å². The van der Waals surface area contributed by atoms with Crippen molar-refractivity contribution in [1.82, 2.24) is 4.90 Å². The van der Waals surface area contributed by atoms with E-state index in [1.54, 1.807) is 32.3 Å². The summed E-state index contributed by atoms with van der Waals surface area (Å²) in [7, 11) is 3.25. The van der Waals surface area contributed by atoms with Gasteiger partial charge < -0.3 is 10.6 Å². The molecule has 0 atom stereocenters. The number of hydrogen-bond donors (Lipinski definition) is 3. The minimum atomic E-state index is -0.439. The molecule has 0 aliphatic carbocycles. The van der Waals surface area contributed by atoms with E-state index in [1.807, 2.05) is 0 Å². The number of anilines is 1. The Morgan fingerprint density at radius 1 is 1.55 bits per heavy atom. The third kappa shape index (κ3) is 3.70. The zero-order chi connectivity index (χ0) is 15.3. The predicted octanol–water partition coefficient (Wildman–Crippen LogP) is 1.27. The molecular weight excluding hydrogens is 280 g/mol. The number of carbonyl (C=O) groups is 1. The molecule has 0 saturated carbocycles. The number of amides is 1. The van der Waals surface area contributed by atoms with Crippen LogP contribution in [0.3, 0.4) is 0 Å². The quantitative estimate of drug-likeness (QED) is 0.440. The van der Waals surface area contributed by atoms with Crippen molar-refractivity contribution >= 4 is 34.7 Å². The lowest BCUT2D eigenvalue weighted by Gasteiger charge is -2.12. The van der Waals surface area contributed by atoms with Crippen molar-refractivity contribution < 1.29 is 4.79 Å². The van der Waals surface area contributed by atoms with Gasteiger partial charge in [-0.05, 0) is 18.2 Å². The van der Waals surface area contributed by atoms with Crippen molar-refractivity contribution in [2.75, 3.05) is 19.5 Å². The van der Waals surface area contributed by atoms with E-state index in [9.17, 15) is 4.79 Å². The van der Waals surface area contributed by atoms with Gasteiger partial charge in [-0.25, -0.2) is 0 Å². The Kier molecular flexibility index (Phi) is 5.06. The van der Waals surface area contributed by atoms with Crippen molar-refractivity contribution in [3.63, 3.8) is 0 Å². The summed E-state index contributed by atoms with van der Waals surface area (Å²) in [6.07, 6.45) is 0. The third-order valence-corrected chi connectivity index (χ3v) is 2.58. The van der Waals surface area contributed by atoms with Crippen LogP contribution in [0.1, 0.15) is 10.4 Å². The Balaban J connectivity index is 2.97. The molecule has 104 valence electrons. The minimum absolute atomic E-state index is 0.216. The number of hydrogen-bond acceptors (Lipinski definition) is 5. The molecule has 0 saturated heterocycles. The number of halogens is 1. The van der Waals surface area contributed by atoms with E-state index in [-0.39, 0.29) is 16.6 Å². The van der Waals surface area contributed by atoms with Crippen LogP contribution in [-0.2, 0) is 0 Å². The molecule has 0 radical (unpaired) electrons. The van der Waals surface area contributed by atoms with Crippen LogP contribution in [0.25, 0.3) is 0 Å². The first kappa shape index (κ1) is 15.5. The van der Waals surface area contributed by atoms with E-state index in [0.29, 0.717) is 11.3 Å². The standard InChI is InChI=1S/C12H13ClN6O/c1-19(2)12(20)8-4-3-7(5-9(8)13)17-18-10(6-14)11(15)16/h3-5,17H,1-2H3,(H3,15,16)/b18-10+. The smallest absolute Gasteiger partial charge is 0.254 e. The summed E-state index contributed by atoms with van der Waals surface area (Å²) in [5.41, 5.74) is 8.29. The number of rotatable bonds is 4. The molecule has 1 aromatic rings. The molecule has 0 heterocycles. The van der Waals surface area contributed by atoms with Gasteiger partial charge in [-0.15, -0.1) is 0 Å². The molecule has 4 N–H and O–H groups in total. The van der Waals surface area contributed by atoms with Crippen molar-refractivity contribution in [1.29, 1.82) is 10.7 Å². The van der Waals surface area contributed by atoms with E-state index in [0.717, 1.165) is 0 Å². The van der Waals surface area contributed by atoms with Crippen LogP contribution in [0.2, 0.25) is 5.02 Å². The number of nitrogens with one attached hydrogen (secondary N) is 2. The summed E-state index contributed by atoms with van der Waals surface area (Å²) in [5, 5.41) is 19.7. The molecule has 0 aliphatic rings. The molecule has 0 bridgehead atoms. The fraction of sp³-hybridized carbons (Fsp3) is 0.167. The van der Waals surface area contributed by atoms with Gasteiger partial charge >= 0.3 is 0 Å². The van der Waals surface area contributed by atoms with Gasteiger partial charge in [0.2, 0.25) is 5.71 Å². The molecule has 20 heavy (non-hydrogen) atoms. The van der Waals surface area contributed by atoms with Crippen LogP contribution in [0.5, 0.6) is 0 Å². The summed E-state index contributed by atoms with van der Waals surface area (Å²) < 4.78 is 0. The highest BCUT2D eigenvalue weighted by molar-refractivity contribution is 6.45. The largest absolute Gasteiger partial charge is 0.382 e. The lowest BCUT2D eigenvalue weighted by atomic mass is 10.2. The highest BCUT2D eigenvalue weighted by atomic mass is 35.5. The van der Waals surface area contributed by atoms with Gasteiger partial charge in [-0.1, -0.05) is 11.6 Å². The van der Waals surface area contributed by atoms with Gasteiger partial charge in [0.05, 0.1) is 16.3 Å². The van der Waals surface area contributed by atoms with Crippen LogP contribution in [0, 0.1) is 16.7 Å². The minimum Gasteiger partial charge on any atom is -0.382 e. The third-order valence-electron chi connectivity index (χ3n) is 2.26. The number of carbonyl (C=O) groups excluding carboxylic acids is 1. The van der Waals surface area contributed by atoms with Gasteiger partial charge in [0.1, 0.15) is 6.07 Å². The van der Waals surface area contributed by atoms with Crippen LogP contribution in [0.15, 0.2) is 23.3 Å². The van der Waals surface area contributed by atoms with Crippen LogP contribution >= 0.6 is 11.6 Å². The maximum Gasteiger partial charge on any atom is 0.254 e. The normalized spacial score (nSPS) is 10.6. The SMILES string of the molecule is CN(C)C(=O)c1ccc(N/N=C(\C#N)C(=N)N)cc1Cl. The molecule has 1 aromatic carbocycles. The zero-order valence-electron chi connectivity index (χ0n) is 10.9. The lowest BCUT2D eigenvalue weighted by molar-refractivity contribution is 0.0828. The summed E-state index contributed by atoms with van der Waals surface area (Å²) in [6, 6.07) is 6.30. The van der Waals surface area contributed by atoms with E-state index in [1.165, 1.54) is 11.0 Å². The molecule has 0 fully saturated rings. The maximum atomic E-state index is 11.8. The first-order valence-corrected chi connectivity index (χ1v) is 5.84. The molecule has 8 heteroatoms. The van der Waals surface area contributed by atoms with Gasteiger partial charge in [-0.3, -0.25) is 15.6 Å². The molecule has 1 rings (SSSR count). The summed E-state index contributed by atoms with van der Waals surface area (Å²) >= 11 is 6.01. The molecule has 0 unspecified atom stereocenters. The molecule has 1 amide bonds. The molecule has 0 aliphatic heterocycles. The topological polar surface area (TPSA) is 118 Å². The Morgan fingerprint density at radius 3 is 2.65 bits per heavy atom. The van der Waals surface area contributed by atoms with Crippen molar-refractivity contribution in [3.05, 3.63) is 28.8 Å². The van der Waals surface area contributed by atoms with Crippen molar-refractivity contribution in [2.45, 2.75) is 0 Å². The number of nitrogens with two attached hydrogens (primary N) is 1. The Labute approximate surface area is 121 Å². The summed E-state index contributed by atoms with van der Waals surface area (Å²) in [4.78, 5) is 13.2. The second-order valence-corrected chi connectivity index (χ2v) is 4.40. The number of nitrogens with zero attached hydrogens (tertiary/aromatic N) is 3. The summed E-state index contributed by atoms with van der Waals surface area (Å²) in [6.45, 7) is 0. The molecule has 0 aromatic heterocycles. The second kappa shape index (κ2) is 6.54. The van der Waals surface area contributed by atoms with Crippen molar-refractivity contribution in [3.8, 4) is 6.07 Å². The average molecular weight is 293 g/mol. The Morgan fingerprint density at radius 2 is 2.20 bits per heavy atom. The van der Waals surface area contributed by atoms with Gasteiger partial charge in [0.25, 0.3) is 5.91 Å². The van der Waals surface area contributed by atoms with E-state index < -0.39 is 5.84 Å². The lowest BCUT2D eigenvalue weighted by Crippen LogP contribution is -2.22.